The number of methoxy groups -OCH3 is 1. The maximum absolute atomic E-state index is 5.46. The maximum Gasteiger partial charge on any atom is 0.223 e. The monoisotopic (exact) mass is 376 g/mol. The van der Waals surface area contributed by atoms with Crippen LogP contribution in [0.3, 0.4) is 0 Å². The molecule has 0 spiro atoms. The standard InChI is InChI=1S/C17H21BrN4O/c1-12-5-7-19-17(20-12)21-15-6-8-22(11-15)10-13-9-14(18)3-4-16(13)23-2/h3-5,7,9,15H,6,8,10-11H2,1-2H3,(H,19,20,21). The smallest absolute Gasteiger partial charge is 0.223 e. The lowest BCUT2D eigenvalue weighted by Gasteiger charge is -2.18. The second-order valence-electron chi connectivity index (χ2n) is 5.84. The number of nitrogens with one attached hydrogen (secondary N) is 1. The molecule has 1 saturated heterocycles. The van der Waals surface area contributed by atoms with Crippen molar-refractivity contribution in [2.24, 2.45) is 0 Å². The summed E-state index contributed by atoms with van der Waals surface area (Å²) in [4.78, 5) is 11.1. The molecule has 0 bridgehead atoms. The summed E-state index contributed by atoms with van der Waals surface area (Å²) < 4.78 is 6.54. The van der Waals surface area contributed by atoms with Crippen molar-refractivity contribution in [3.8, 4) is 5.75 Å². The molecule has 1 aromatic heterocycles. The Labute approximate surface area is 145 Å². The van der Waals surface area contributed by atoms with Crippen LogP contribution >= 0.6 is 15.9 Å². The van der Waals surface area contributed by atoms with E-state index in [4.69, 9.17) is 4.74 Å². The van der Waals surface area contributed by atoms with Crippen LogP contribution in [0, 0.1) is 6.92 Å². The van der Waals surface area contributed by atoms with Crippen LogP contribution in [0.25, 0.3) is 0 Å². The van der Waals surface area contributed by atoms with Crippen LogP contribution in [0.15, 0.2) is 34.9 Å². The Balaban J connectivity index is 1.61. The fraction of sp³-hybridized carbons (Fsp3) is 0.412. The molecule has 0 amide bonds. The minimum atomic E-state index is 0.384. The predicted molar refractivity (Wildman–Crippen MR) is 94.8 cm³/mol. The lowest BCUT2D eigenvalue weighted by atomic mass is 10.2. The SMILES string of the molecule is COc1ccc(Br)cc1CN1CCC(Nc2nccc(C)n2)C1. The molecule has 1 unspecified atom stereocenters. The number of hydrogen-bond donors (Lipinski definition) is 1. The summed E-state index contributed by atoms with van der Waals surface area (Å²) in [6, 6.07) is 8.43. The number of anilines is 1. The van der Waals surface area contributed by atoms with Crippen molar-refractivity contribution in [3.63, 3.8) is 0 Å². The van der Waals surface area contributed by atoms with Gasteiger partial charge in [-0.25, -0.2) is 9.97 Å². The highest BCUT2D eigenvalue weighted by molar-refractivity contribution is 9.10. The fourth-order valence-electron chi connectivity index (χ4n) is 2.91. The molecule has 3 rings (SSSR count). The number of nitrogens with zero attached hydrogens (tertiary/aromatic N) is 3. The molecular weight excluding hydrogens is 356 g/mol. The Morgan fingerprint density at radius 3 is 3.04 bits per heavy atom. The average molecular weight is 377 g/mol. The van der Waals surface area contributed by atoms with Crippen molar-refractivity contribution in [3.05, 3.63) is 46.2 Å². The van der Waals surface area contributed by atoms with E-state index in [0.717, 1.165) is 47.9 Å². The van der Waals surface area contributed by atoms with Gasteiger partial charge in [0.15, 0.2) is 0 Å². The summed E-state index contributed by atoms with van der Waals surface area (Å²) in [7, 11) is 1.72. The van der Waals surface area contributed by atoms with Crippen LogP contribution in [0.1, 0.15) is 17.7 Å². The van der Waals surface area contributed by atoms with Crippen molar-refractivity contribution in [2.45, 2.75) is 25.9 Å². The first-order valence-electron chi connectivity index (χ1n) is 7.75. The summed E-state index contributed by atoms with van der Waals surface area (Å²) in [6.07, 6.45) is 2.89. The highest BCUT2D eigenvalue weighted by Gasteiger charge is 2.23. The molecule has 122 valence electrons. The van der Waals surface area contributed by atoms with Gasteiger partial charge in [0.1, 0.15) is 5.75 Å². The number of halogens is 1. The molecule has 6 heteroatoms. The summed E-state index contributed by atoms with van der Waals surface area (Å²) in [5.74, 6) is 1.66. The van der Waals surface area contributed by atoms with Gasteiger partial charge in [-0.3, -0.25) is 4.90 Å². The molecule has 0 radical (unpaired) electrons. The second-order valence-corrected chi connectivity index (χ2v) is 6.76. The van der Waals surface area contributed by atoms with E-state index in [9.17, 15) is 0 Å². The average Bonchev–Trinajstić information content (AvgIpc) is 2.94. The molecular formula is C17H21BrN4O. The largest absolute Gasteiger partial charge is 0.496 e. The quantitative estimate of drug-likeness (QED) is 0.867. The Hall–Kier alpha value is -1.66. The Morgan fingerprint density at radius 1 is 1.39 bits per heavy atom. The fourth-order valence-corrected chi connectivity index (χ4v) is 3.32. The van der Waals surface area contributed by atoms with E-state index in [1.165, 1.54) is 5.56 Å². The van der Waals surface area contributed by atoms with Gasteiger partial charge in [0.05, 0.1) is 7.11 Å². The third-order valence-corrected chi connectivity index (χ3v) is 4.53. The zero-order chi connectivity index (χ0) is 16.2. The highest BCUT2D eigenvalue weighted by atomic mass is 79.9. The van der Waals surface area contributed by atoms with E-state index >= 15 is 0 Å². The van der Waals surface area contributed by atoms with E-state index in [1.54, 1.807) is 13.3 Å². The number of aromatic nitrogens is 2. The molecule has 5 nitrogen and oxygen atoms in total. The molecule has 1 fully saturated rings. The zero-order valence-electron chi connectivity index (χ0n) is 13.4. The third-order valence-electron chi connectivity index (χ3n) is 4.04. The lowest BCUT2D eigenvalue weighted by Crippen LogP contribution is -2.26. The topological polar surface area (TPSA) is 50.3 Å². The minimum absolute atomic E-state index is 0.384. The van der Waals surface area contributed by atoms with Gasteiger partial charge in [-0.2, -0.15) is 0 Å². The lowest BCUT2D eigenvalue weighted by molar-refractivity contribution is 0.318. The Kier molecular flexibility index (Phi) is 5.13. The van der Waals surface area contributed by atoms with Crippen molar-refractivity contribution in [1.82, 2.24) is 14.9 Å². The maximum atomic E-state index is 5.46. The first kappa shape index (κ1) is 16.2. The molecule has 2 aromatic rings. The zero-order valence-corrected chi connectivity index (χ0v) is 15.0. The number of rotatable bonds is 5. The molecule has 1 aliphatic rings. The van der Waals surface area contributed by atoms with Crippen LogP contribution in [-0.4, -0.2) is 41.1 Å². The number of aryl methyl sites for hydroxylation is 1. The van der Waals surface area contributed by atoms with Crippen LogP contribution in [0.2, 0.25) is 0 Å². The van der Waals surface area contributed by atoms with E-state index in [1.807, 2.05) is 25.1 Å². The van der Waals surface area contributed by atoms with E-state index < -0.39 is 0 Å². The molecule has 0 saturated carbocycles. The number of ether oxygens (including phenoxy) is 1. The van der Waals surface area contributed by atoms with Crippen LogP contribution in [0.5, 0.6) is 5.75 Å². The number of hydrogen-bond acceptors (Lipinski definition) is 5. The number of benzene rings is 1. The molecule has 1 N–H and O–H groups in total. The third kappa shape index (κ3) is 4.20. The first-order chi connectivity index (χ1) is 11.1. The number of likely N-dealkylation sites (tertiary alicyclic amines) is 1. The summed E-state index contributed by atoms with van der Waals surface area (Å²) >= 11 is 3.53. The predicted octanol–water partition coefficient (Wildman–Crippen LogP) is 3.24. The van der Waals surface area contributed by atoms with Crippen molar-refractivity contribution >= 4 is 21.9 Å². The summed E-state index contributed by atoms with van der Waals surface area (Å²) in [6.45, 7) is 4.90. The van der Waals surface area contributed by atoms with E-state index in [2.05, 4.69) is 42.2 Å². The van der Waals surface area contributed by atoms with Gasteiger partial charge >= 0.3 is 0 Å². The molecule has 1 aliphatic heterocycles. The van der Waals surface area contributed by atoms with E-state index in [-0.39, 0.29) is 0 Å². The van der Waals surface area contributed by atoms with Crippen LogP contribution < -0.4 is 10.1 Å². The van der Waals surface area contributed by atoms with Gasteiger partial charge in [-0.05, 0) is 37.6 Å². The van der Waals surface area contributed by atoms with Crippen molar-refractivity contribution < 1.29 is 4.74 Å². The van der Waals surface area contributed by atoms with Gasteiger partial charge in [-0.1, -0.05) is 15.9 Å². The van der Waals surface area contributed by atoms with Gasteiger partial charge < -0.3 is 10.1 Å². The Morgan fingerprint density at radius 2 is 2.26 bits per heavy atom. The molecule has 2 heterocycles. The minimum Gasteiger partial charge on any atom is -0.496 e. The second kappa shape index (κ2) is 7.27. The van der Waals surface area contributed by atoms with Crippen LogP contribution in [-0.2, 0) is 6.54 Å². The van der Waals surface area contributed by atoms with Gasteiger partial charge in [0.2, 0.25) is 5.95 Å². The molecule has 0 aliphatic carbocycles. The summed E-state index contributed by atoms with van der Waals surface area (Å²) in [5.41, 5.74) is 2.19. The highest BCUT2D eigenvalue weighted by Crippen LogP contribution is 2.26. The van der Waals surface area contributed by atoms with Crippen molar-refractivity contribution in [2.75, 3.05) is 25.5 Å². The van der Waals surface area contributed by atoms with Crippen molar-refractivity contribution in [1.29, 1.82) is 0 Å². The van der Waals surface area contributed by atoms with Gasteiger partial charge in [-0.15, -0.1) is 0 Å². The van der Waals surface area contributed by atoms with Crippen LogP contribution in [0.4, 0.5) is 5.95 Å². The molecule has 23 heavy (non-hydrogen) atoms. The summed E-state index contributed by atoms with van der Waals surface area (Å²) in [5, 5.41) is 3.43. The first-order valence-corrected chi connectivity index (χ1v) is 8.54. The van der Waals surface area contributed by atoms with Gasteiger partial charge in [0.25, 0.3) is 0 Å². The normalized spacial score (nSPS) is 18.1. The molecule has 1 aromatic carbocycles. The Bertz CT molecular complexity index is 679. The van der Waals surface area contributed by atoms with Gasteiger partial charge in [0, 0.05) is 47.6 Å². The molecule has 1 atom stereocenters. The van der Waals surface area contributed by atoms with E-state index in [0.29, 0.717) is 6.04 Å².